The highest BCUT2D eigenvalue weighted by Crippen LogP contribution is 2.10. The van der Waals surface area contributed by atoms with Crippen LogP contribution >= 0.6 is 0 Å². The van der Waals surface area contributed by atoms with Crippen molar-refractivity contribution in [2.45, 2.75) is 26.1 Å². The summed E-state index contributed by atoms with van der Waals surface area (Å²) in [6, 6.07) is 14.6. The molecule has 140 valence electrons. The molecule has 27 heavy (non-hydrogen) atoms. The summed E-state index contributed by atoms with van der Waals surface area (Å²) in [7, 11) is 1.63. The van der Waals surface area contributed by atoms with Gasteiger partial charge in [-0.25, -0.2) is 4.79 Å². The van der Waals surface area contributed by atoms with Crippen molar-refractivity contribution in [2.75, 3.05) is 7.11 Å². The van der Waals surface area contributed by atoms with Crippen LogP contribution in [0.2, 0.25) is 0 Å². The van der Waals surface area contributed by atoms with E-state index in [-0.39, 0.29) is 18.9 Å². The van der Waals surface area contributed by atoms with Gasteiger partial charge in [0.2, 0.25) is 5.91 Å². The van der Waals surface area contributed by atoms with E-state index in [9.17, 15) is 14.4 Å². The van der Waals surface area contributed by atoms with Crippen molar-refractivity contribution in [3.63, 3.8) is 0 Å². The van der Waals surface area contributed by atoms with Gasteiger partial charge in [-0.2, -0.15) is 0 Å². The van der Waals surface area contributed by atoms with E-state index in [0.717, 1.165) is 11.1 Å². The first-order valence-corrected chi connectivity index (χ1v) is 8.64. The van der Waals surface area contributed by atoms with E-state index in [1.165, 1.54) is 4.57 Å². The number of benzene rings is 2. The highest BCUT2D eigenvalue weighted by atomic mass is 16.5. The second kappa shape index (κ2) is 8.46. The molecule has 0 saturated heterocycles. The van der Waals surface area contributed by atoms with Crippen molar-refractivity contribution < 1.29 is 9.53 Å². The lowest BCUT2D eigenvalue weighted by atomic mass is 10.1. The SMILES string of the molecule is COCc1ccccc1CNC(=O)CCn1c(=O)[nH]c(=O)c2ccccc21. The van der Waals surface area contributed by atoms with Crippen molar-refractivity contribution >= 4 is 16.8 Å². The van der Waals surface area contributed by atoms with Gasteiger partial charge in [-0.05, 0) is 23.3 Å². The molecule has 0 aliphatic rings. The van der Waals surface area contributed by atoms with E-state index in [1.807, 2.05) is 24.3 Å². The van der Waals surface area contributed by atoms with E-state index < -0.39 is 11.2 Å². The molecule has 0 saturated carbocycles. The fourth-order valence-corrected chi connectivity index (χ4v) is 2.99. The van der Waals surface area contributed by atoms with Crippen LogP contribution in [0.5, 0.6) is 0 Å². The van der Waals surface area contributed by atoms with Crippen LogP contribution < -0.4 is 16.6 Å². The van der Waals surface area contributed by atoms with E-state index in [2.05, 4.69) is 10.3 Å². The fourth-order valence-electron chi connectivity index (χ4n) is 2.99. The summed E-state index contributed by atoms with van der Waals surface area (Å²) in [5.74, 6) is -0.176. The van der Waals surface area contributed by atoms with E-state index in [0.29, 0.717) is 24.1 Å². The largest absolute Gasteiger partial charge is 0.380 e. The summed E-state index contributed by atoms with van der Waals surface area (Å²) >= 11 is 0. The second-order valence-corrected chi connectivity index (χ2v) is 6.16. The number of hydrogen-bond acceptors (Lipinski definition) is 4. The number of methoxy groups -OCH3 is 1. The number of fused-ring (bicyclic) bond motifs is 1. The van der Waals surface area contributed by atoms with Crippen molar-refractivity contribution in [1.29, 1.82) is 0 Å². The monoisotopic (exact) mass is 367 g/mol. The first-order chi connectivity index (χ1) is 13.1. The van der Waals surface area contributed by atoms with E-state index in [4.69, 9.17) is 4.74 Å². The van der Waals surface area contributed by atoms with Crippen molar-refractivity contribution in [3.05, 3.63) is 80.5 Å². The van der Waals surface area contributed by atoms with Gasteiger partial charge in [-0.15, -0.1) is 0 Å². The Morgan fingerprint density at radius 2 is 1.78 bits per heavy atom. The number of hydrogen-bond donors (Lipinski definition) is 2. The Morgan fingerprint density at radius 1 is 1.07 bits per heavy atom. The van der Waals surface area contributed by atoms with Gasteiger partial charge in [0.15, 0.2) is 0 Å². The third-order valence-electron chi connectivity index (χ3n) is 4.36. The van der Waals surface area contributed by atoms with Gasteiger partial charge in [-0.1, -0.05) is 36.4 Å². The molecule has 3 aromatic rings. The second-order valence-electron chi connectivity index (χ2n) is 6.16. The van der Waals surface area contributed by atoms with Crippen LogP contribution in [0.1, 0.15) is 17.5 Å². The minimum absolute atomic E-state index is 0.127. The molecule has 0 spiro atoms. The molecule has 1 heterocycles. The first kappa shape index (κ1) is 18.6. The predicted octanol–water partition coefficient (Wildman–Crippen LogP) is 1.54. The number of carbonyl (C=O) groups is 1. The lowest BCUT2D eigenvalue weighted by molar-refractivity contribution is -0.121. The summed E-state index contributed by atoms with van der Waals surface area (Å²) in [4.78, 5) is 38.5. The topological polar surface area (TPSA) is 93.2 Å². The lowest BCUT2D eigenvalue weighted by Crippen LogP contribution is -2.32. The molecule has 0 fully saturated rings. The number of nitrogens with zero attached hydrogens (tertiary/aromatic N) is 1. The Morgan fingerprint density at radius 3 is 2.56 bits per heavy atom. The molecule has 0 aliphatic carbocycles. The van der Waals surface area contributed by atoms with Gasteiger partial charge < -0.3 is 10.1 Å². The highest BCUT2D eigenvalue weighted by Gasteiger charge is 2.09. The molecule has 1 aromatic heterocycles. The van der Waals surface area contributed by atoms with Gasteiger partial charge in [-0.3, -0.25) is 19.1 Å². The number of H-pyrrole nitrogens is 1. The fraction of sp³-hybridized carbons (Fsp3) is 0.250. The van der Waals surface area contributed by atoms with Crippen molar-refractivity contribution in [2.24, 2.45) is 0 Å². The van der Waals surface area contributed by atoms with Crippen LogP contribution in [0, 0.1) is 0 Å². The number of para-hydroxylation sites is 1. The molecule has 2 N–H and O–H groups in total. The van der Waals surface area contributed by atoms with E-state index >= 15 is 0 Å². The zero-order valence-corrected chi connectivity index (χ0v) is 15.0. The average molecular weight is 367 g/mol. The third kappa shape index (κ3) is 4.32. The highest BCUT2D eigenvalue weighted by molar-refractivity contribution is 5.78. The normalized spacial score (nSPS) is 10.9. The van der Waals surface area contributed by atoms with Gasteiger partial charge in [0.1, 0.15) is 0 Å². The zero-order valence-electron chi connectivity index (χ0n) is 15.0. The molecule has 0 aliphatic heterocycles. The minimum atomic E-state index is -0.517. The Hall–Kier alpha value is -3.19. The van der Waals surface area contributed by atoms with Crippen LogP contribution in [0.4, 0.5) is 0 Å². The van der Waals surface area contributed by atoms with Crippen molar-refractivity contribution in [1.82, 2.24) is 14.9 Å². The number of aromatic amines is 1. The third-order valence-corrected chi connectivity index (χ3v) is 4.36. The summed E-state index contributed by atoms with van der Waals surface area (Å²) in [6.45, 7) is 1.05. The molecule has 0 atom stereocenters. The van der Waals surface area contributed by atoms with E-state index in [1.54, 1.807) is 31.4 Å². The van der Waals surface area contributed by atoms with Gasteiger partial charge in [0.25, 0.3) is 5.56 Å². The Kier molecular flexibility index (Phi) is 5.83. The number of nitrogens with one attached hydrogen (secondary N) is 2. The summed E-state index contributed by atoms with van der Waals surface area (Å²) in [5, 5.41) is 3.29. The molecule has 7 heteroatoms. The lowest BCUT2D eigenvalue weighted by Gasteiger charge is -2.11. The van der Waals surface area contributed by atoms with Gasteiger partial charge in [0.05, 0.1) is 17.5 Å². The smallest absolute Gasteiger partial charge is 0.328 e. The molecular formula is C20H21N3O4. The summed E-state index contributed by atoms with van der Waals surface area (Å²) in [6.07, 6.45) is 0.127. The molecule has 0 bridgehead atoms. The van der Waals surface area contributed by atoms with Gasteiger partial charge in [0, 0.05) is 26.6 Å². The zero-order chi connectivity index (χ0) is 19.2. The Balaban J connectivity index is 1.68. The number of aryl methyl sites for hydroxylation is 1. The number of carbonyl (C=O) groups excluding carboxylic acids is 1. The molecule has 7 nitrogen and oxygen atoms in total. The molecule has 1 amide bonds. The summed E-state index contributed by atoms with van der Waals surface area (Å²) < 4.78 is 6.58. The Bertz CT molecular complexity index is 1070. The number of amides is 1. The van der Waals surface area contributed by atoms with Crippen LogP contribution in [0.25, 0.3) is 10.9 Å². The van der Waals surface area contributed by atoms with Crippen LogP contribution in [-0.2, 0) is 29.2 Å². The quantitative estimate of drug-likeness (QED) is 0.662. The number of aromatic nitrogens is 2. The summed E-state index contributed by atoms with van der Waals surface area (Å²) in [5.41, 5.74) is 1.58. The molecular weight excluding hydrogens is 346 g/mol. The average Bonchev–Trinajstić information content (AvgIpc) is 2.67. The number of rotatable bonds is 7. The van der Waals surface area contributed by atoms with Crippen LogP contribution in [-0.4, -0.2) is 22.6 Å². The Labute approximate surface area is 155 Å². The van der Waals surface area contributed by atoms with Crippen molar-refractivity contribution in [3.8, 4) is 0 Å². The molecule has 3 rings (SSSR count). The minimum Gasteiger partial charge on any atom is -0.380 e. The predicted molar refractivity (Wildman–Crippen MR) is 102 cm³/mol. The maximum Gasteiger partial charge on any atom is 0.328 e. The standard InChI is InChI=1S/C20H21N3O4/c1-27-13-15-7-3-2-6-14(15)12-21-18(24)10-11-23-17-9-5-4-8-16(17)19(25)22-20(23)26/h2-9H,10-13H2,1H3,(H,21,24)(H,22,25,26). The first-order valence-electron chi connectivity index (χ1n) is 8.64. The maximum absolute atomic E-state index is 12.2. The van der Waals surface area contributed by atoms with Gasteiger partial charge >= 0.3 is 5.69 Å². The maximum atomic E-state index is 12.2. The van der Waals surface area contributed by atoms with Crippen LogP contribution in [0.3, 0.4) is 0 Å². The molecule has 2 aromatic carbocycles. The molecule has 0 unspecified atom stereocenters. The number of ether oxygens (including phenoxy) is 1. The molecule has 0 radical (unpaired) electrons. The van der Waals surface area contributed by atoms with Crippen LogP contribution in [0.15, 0.2) is 58.1 Å².